The third kappa shape index (κ3) is 26.6. The second-order valence-corrected chi connectivity index (χ2v) is 14.5. The summed E-state index contributed by atoms with van der Waals surface area (Å²) in [5, 5.41) is 0. The zero-order valence-corrected chi connectivity index (χ0v) is 31.1. The molecule has 0 aromatic heterocycles. The lowest BCUT2D eigenvalue weighted by Crippen LogP contribution is -2.13. The van der Waals surface area contributed by atoms with Crippen LogP contribution in [-0.2, 0) is 22.4 Å². The van der Waals surface area contributed by atoms with Gasteiger partial charge in [0.25, 0.3) is 0 Å². The van der Waals surface area contributed by atoms with Crippen molar-refractivity contribution in [1.82, 2.24) is 0 Å². The highest BCUT2D eigenvalue weighted by molar-refractivity contribution is 7.99. The van der Waals surface area contributed by atoms with Crippen molar-refractivity contribution < 1.29 is 14.3 Å². The summed E-state index contributed by atoms with van der Waals surface area (Å²) in [5.41, 5.74) is 2.77. The van der Waals surface area contributed by atoms with E-state index in [4.69, 9.17) is 9.47 Å². The van der Waals surface area contributed by atoms with Gasteiger partial charge in [0.2, 0.25) is 0 Å². The summed E-state index contributed by atoms with van der Waals surface area (Å²) in [7, 11) is 0. The first-order chi connectivity index (χ1) is 22.2. The number of aryl methyl sites for hydroxylation is 2. The quantitative estimate of drug-likeness (QED) is 0.0551. The molecule has 0 atom stereocenters. The van der Waals surface area contributed by atoms with E-state index in [1.165, 1.54) is 165 Å². The maximum Gasteiger partial charge on any atom is 0.306 e. The van der Waals surface area contributed by atoms with Crippen LogP contribution in [0.3, 0.4) is 0 Å². The number of hydrogen-bond donors (Lipinski definition) is 0. The molecule has 0 amide bonds. The lowest BCUT2D eigenvalue weighted by Gasteiger charge is -2.14. The maximum absolute atomic E-state index is 12.2. The van der Waals surface area contributed by atoms with Crippen LogP contribution in [0.25, 0.3) is 0 Å². The lowest BCUT2D eigenvalue weighted by molar-refractivity contribution is -0.143. The Morgan fingerprint density at radius 3 is 1.60 bits per heavy atom. The predicted octanol–water partition coefficient (Wildman–Crippen LogP) is 13.2. The molecule has 0 aliphatic carbocycles. The molecule has 1 rings (SSSR count). The lowest BCUT2D eigenvalue weighted by atomic mass is 9.99. The topological polar surface area (TPSA) is 35.5 Å². The molecule has 4 heteroatoms. The van der Waals surface area contributed by atoms with Crippen LogP contribution in [0.1, 0.15) is 192 Å². The summed E-state index contributed by atoms with van der Waals surface area (Å²) in [5.74, 6) is 2.90. The minimum absolute atomic E-state index is 0.0949. The third-order valence-corrected chi connectivity index (χ3v) is 10.0. The highest BCUT2D eigenvalue weighted by Crippen LogP contribution is 2.24. The summed E-state index contributed by atoms with van der Waals surface area (Å²) < 4.78 is 11.7. The van der Waals surface area contributed by atoms with Crippen LogP contribution in [0, 0.1) is 0 Å². The van der Waals surface area contributed by atoms with Gasteiger partial charge in [0.15, 0.2) is 0 Å². The van der Waals surface area contributed by atoms with E-state index in [9.17, 15) is 4.79 Å². The second kappa shape index (κ2) is 32.8. The molecule has 0 aliphatic rings. The Bertz CT molecular complexity index is 780. The zero-order valence-electron chi connectivity index (χ0n) is 30.3. The van der Waals surface area contributed by atoms with Crippen LogP contribution in [-0.4, -0.2) is 30.7 Å². The molecule has 0 aliphatic heterocycles. The number of benzene rings is 1. The molecule has 0 N–H and O–H groups in total. The first-order valence-electron chi connectivity index (χ1n) is 19.7. The van der Waals surface area contributed by atoms with Crippen LogP contribution in [0.4, 0.5) is 0 Å². The molecule has 0 unspecified atom stereocenters. The Balaban J connectivity index is 2.26. The van der Waals surface area contributed by atoms with Gasteiger partial charge in [-0.25, -0.2) is 0 Å². The Morgan fingerprint density at radius 2 is 1.04 bits per heavy atom. The number of thioether (sulfide) groups is 1. The van der Waals surface area contributed by atoms with Gasteiger partial charge in [-0.3, -0.25) is 4.79 Å². The van der Waals surface area contributed by atoms with E-state index >= 15 is 0 Å². The van der Waals surface area contributed by atoms with Gasteiger partial charge >= 0.3 is 5.97 Å². The fourth-order valence-corrected chi connectivity index (χ4v) is 6.94. The summed E-state index contributed by atoms with van der Waals surface area (Å²) in [4.78, 5) is 12.2. The fourth-order valence-electron chi connectivity index (χ4n) is 6.01. The molecule has 0 heterocycles. The van der Waals surface area contributed by atoms with Gasteiger partial charge in [-0.15, -0.1) is 0 Å². The van der Waals surface area contributed by atoms with Gasteiger partial charge < -0.3 is 9.47 Å². The molecule has 262 valence electrons. The number of carbonyl (C=O) groups excluding carboxylic acids is 1. The van der Waals surface area contributed by atoms with Gasteiger partial charge in [0.1, 0.15) is 19.0 Å². The van der Waals surface area contributed by atoms with Crippen molar-refractivity contribution in [2.45, 2.75) is 194 Å². The van der Waals surface area contributed by atoms with E-state index < -0.39 is 0 Å². The van der Waals surface area contributed by atoms with Crippen LogP contribution >= 0.6 is 11.8 Å². The van der Waals surface area contributed by atoms with E-state index in [1.54, 1.807) is 0 Å². The van der Waals surface area contributed by atoms with Gasteiger partial charge in [-0.2, -0.15) is 11.8 Å². The molecule has 0 fully saturated rings. The monoisotopic (exact) mass is 647 g/mol. The number of carbonyl (C=O) groups is 1. The van der Waals surface area contributed by atoms with E-state index in [-0.39, 0.29) is 5.97 Å². The Kier molecular flexibility index (Phi) is 30.5. The number of rotatable bonds is 34. The molecule has 1 aromatic carbocycles. The van der Waals surface area contributed by atoms with Gasteiger partial charge in [0.05, 0.1) is 6.42 Å². The fraction of sp³-hybridized carbons (Fsp3) is 0.829. The van der Waals surface area contributed by atoms with Crippen LogP contribution in [0.15, 0.2) is 18.2 Å². The largest absolute Gasteiger partial charge is 0.490 e. The van der Waals surface area contributed by atoms with Crippen molar-refractivity contribution in [3.05, 3.63) is 29.3 Å². The molecule has 45 heavy (non-hydrogen) atoms. The molecule has 1 aromatic rings. The average Bonchev–Trinajstić information content (AvgIpc) is 3.05. The molecule has 3 nitrogen and oxygen atoms in total. The molecule has 0 saturated heterocycles. The van der Waals surface area contributed by atoms with Crippen LogP contribution < -0.4 is 4.74 Å². The molecular weight excluding hydrogens is 573 g/mol. The summed E-state index contributed by atoms with van der Waals surface area (Å²) in [6.45, 7) is 7.60. The second-order valence-electron chi connectivity index (χ2n) is 13.3. The normalized spacial score (nSPS) is 11.3. The van der Waals surface area contributed by atoms with Crippen molar-refractivity contribution in [3.63, 3.8) is 0 Å². The van der Waals surface area contributed by atoms with Crippen molar-refractivity contribution >= 4 is 17.7 Å². The minimum Gasteiger partial charge on any atom is -0.490 e. The van der Waals surface area contributed by atoms with Crippen LogP contribution in [0.5, 0.6) is 5.75 Å². The molecule has 0 saturated carbocycles. The van der Waals surface area contributed by atoms with E-state index in [0.29, 0.717) is 19.6 Å². The highest BCUT2D eigenvalue weighted by Gasteiger charge is 2.08. The van der Waals surface area contributed by atoms with Gasteiger partial charge in [0, 0.05) is 5.75 Å². The first-order valence-corrected chi connectivity index (χ1v) is 20.8. The zero-order chi connectivity index (χ0) is 32.5. The smallest absolute Gasteiger partial charge is 0.306 e. The SMILES string of the molecule is CCCCCCCCCCCCSCCC(=O)OCCOc1ccc(CCCCCCCCC)cc1CCCCCCCCC. The van der Waals surface area contributed by atoms with Gasteiger partial charge in [-0.1, -0.05) is 168 Å². The van der Waals surface area contributed by atoms with Gasteiger partial charge in [-0.05, 0) is 55.1 Å². The number of unbranched alkanes of at least 4 members (excludes halogenated alkanes) is 21. The number of hydrogen-bond acceptors (Lipinski definition) is 4. The molecule has 0 spiro atoms. The molecular formula is C41H74O3S. The summed E-state index contributed by atoms with van der Waals surface area (Å²) >= 11 is 1.89. The van der Waals surface area contributed by atoms with E-state index in [2.05, 4.69) is 39.0 Å². The molecule has 0 radical (unpaired) electrons. The maximum atomic E-state index is 12.2. The van der Waals surface area contributed by atoms with Crippen molar-refractivity contribution in [2.75, 3.05) is 24.7 Å². The average molecular weight is 647 g/mol. The molecule has 0 bridgehead atoms. The van der Waals surface area contributed by atoms with Crippen molar-refractivity contribution in [3.8, 4) is 5.75 Å². The summed E-state index contributed by atoms with van der Waals surface area (Å²) in [6, 6.07) is 6.80. The first kappa shape index (κ1) is 41.9. The van der Waals surface area contributed by atoms with Crippen molar-refractivity contribution in [1.29, 1.82) is 0 Å². The highest BCUT2D eigenvalue weighted by atomic mass is 32.2. The summed E-state index contributed by atoms with van der Waals surface area (Å²) in [6.07, 6.45) is 35.1. The van der Waals surface area contributed by atoms with Crippen molar-refractivity contribution in [2.24, 2.45) is 0 Å². The standard InChI is InChI=1S/C41H74O3S/c1-4-7-10-13-16-17-18-21-24-27-35-45-36-32-41(42)44-34-33-43-40-31-30-38(28-25-22-19-14-11-8-5-2)37-39(40)29-26-23-20-15-12-9-6-3/h30-31,37H,4-29,32-36H2,1-3H3. The Hall–Kier alpha value is -1.16. The van der Waals surface area contributed by atoms with E-state index in [0.717, 1.165) is 30.1 Å². The third-order valence-electron chi connectivity index (χ3n) is 8.94. The Morgan fingerprint density at radius 1 is 0.556 bits per heavy atom. The minimum atomic E-state index is -0.0949. The number of esters is 1. The Labute approximate surface area is 285 Å². The van der Waals surface area contributed by atoms with Crippen LogP contribution in [0.2, 0.25) is 0 Å². The van der Waals surface area contributed by atoms with E-state index in [1.807, 2.05) is 11.8 Å². The predicted molar refractivity (Wildman–Crippen MR) is 200 cm³/mol. The number of ether oxygens (including phenoxy) is 2.